The number of unbranched alkanes of at least 4 members (excludes halogenated alkanes) is 11. The van der Waals surface area contributed by atoms with Crippen molar-refractivity contribution >= 4 is 33.6 Å². The molecule has 16 nitrogen and oxygen atoms in total. The summed E-state index contributed by atoms with van der Waals surface area (Å²) >= 11 is 0. The van der Waals surface area contributed by atoms with Gasteiger partial charge in [-0.2, -0.15) is 0 Å². The van der Waals surface area contributed by atoms with Gasteiger partial charge in [-0.3, -0.25) is 32.5 Å². The first-order valence-electron chi connectivity index (χ1n) is 37.4. The normalized spacial score (nSPS) is 15.2. The number of phosphoric acid groups is 2. The molecular formula is C83H130O16P2. The van der Waals surface area contributed by atoms with Crippen molar-refractivity contribution in [3.05, 3.63) is 207 Å². The van der Waals surface area contributed by atoms with Gasteiger partial charge >= 0.3 is 33.6 Å². The van der Waals surface area contributed by atoms with Crippen molar-refractivity contribution in [3.8, 4) is 0 Å². The second-order valence-electron chi connectivity index (χ2n) is 23.9. The number of rotatable bonds is 68. The molecule has 0 bridgehead atoms. The first-order chi connectivity index (χ1) is 49.2. The Morgan fingerprint density at radius 1 is 0.277 bits per heavy atom. The predicted molar refractivity (Wildman–Crippen MR) is 417 cm³/mol. The summed E-state index contributed by atoms with van der Waals surface area (Å²) in [6, 6.07) is 0. The molecule has 101 heavy (non-hydrogen) atoms. The van der Waals surface area contributed by atoms with Crippen molar-refractivity contribution < 1.29 is 75.8 Å². The van der Waals surface area contributed by atoms with Gasteiger partial charge in [0, 0.05) is 19.3 Å². The molecule has 568 valence electrons. The van der Waals surface area contributed by atoms with E-state index in [-0.39, 0.29) is 19.3 Å². The summed E-state index contributed by atoms with van der Waals surface area (Å²) in [5.41, 5.74) is 0. The molecule has 0 fully saturated rings. The Kier molecular flexibility index (Phi) is 69.6. The molecule has 0 aromatic carbocycles. The van der Waals surface area contributed by atoms with Gasteiger partial charge in [-0.15, -0.1) is 0 Å². The summed E-state index contributed by atoms with van der Waals surface area (Å²) in [5, 5.41) is 20.6. The summed E-state index contributed by atoms with van der Waals surface area (Å²) in [5.74, 6) is -1.73. The topological polar surface area (TPSA) is 231 Å². The number of allylic oxidation sites excluding steroid dienone is 34. The number of carbonyl (C=O) groups is 3. The van der Waals surface area contributed by atoms with Gasteiger partial charge in [0.05, 0.1) is 26.4 Å². The van der Waals surface area contributed by atoms with Gasteiger partial charge in [-0.05, 0) is 154 Å². The van der Waals surface area contributed by atoms with E-state index in [2.05, 4.69) is 209 Å². The minimum atomic E-state index is -4.97. The number of aliphatic hydroxyl groups excluding tert-OH is 2. The zero-order chi connectivity index (χ0) is 73.7. The summed E-state index contributed by atoms with van der Waals surface area (Å²) in [6.45, 7) is 2.16. The third-order valence-electron chi connectivity index (χ3n) is 14.5. The smallest absolute Gasteiger partial charge is 0.463 e. The summed E-state index contributed by atoms with van der Waals surface area (Å²) in [6.07, 6.45) is 97.4. The molecule has 0 spiro atoms. The maximum absolute atomic E-state index is 12.9. The monoisotopic (exact) mass is 1440 g/mol. The number of esters is 3. The highest BCUT2D eigenvalue weighted by Gasteiger charge is 2.29. The molecule has 0 aliphatic carbocycles. The zero-order valence-electron chi connectivity index (χ0n) is 61.7. The number of hydrogen-bond acceptors (Lipinski definition) is 14. The van der Waals surface area contributed by atoms with Gasteiger partial charge in [0.1, 0.15) is 25.4 Å². The van der Waals surface area contributed by atoms with Gasteiger partial charge in [-0.25, -0.2) is 9.13 Å². The van der Waals surface area contributed by atoms with Crippen molar-refractivity contribution in [2.75, 3.05) is 39.6 Å². The SMILES string of the molecule is CC/C=C\C/C=C\C/C=C\C/C=C\C/C=C\C/C=C\CCCCCCCCC(=O)OCC(O)COP(=O)(O)OCC(O)COP(=O)(O)OCC(COC(=O)CCCCCCC/C=C\C/C=C\C/C=C\C/C=C\C/C=C\CC)OC(=O)CC/C=C\C/C=C\C/C=C\C/C=C\C/C=C\C/C=C\CC. The van der Waals surface area contributed by atoms with Crippen LogP contribution in [0, 0.1) is 0 Å². The van der Waals surface area contributed by atoms with Crippen molar-refractivity contribution in [1.29, 1.82) is 0 Å². The van der Waals surface area contributed by atoms with Crippen molar-refractivity contribution in [1.82, 2.24) is 0 Å². The standard InChI is InChI=1S/C83H130O16P2/c1-4-7-10-13-16-19-22-25-28-31-34-36-37-38-39-41-44-45-48-51-54-57-60-63-66-69-81(86)93-72-78(84)73-95-100(89,90)96-74-79(85)75-97-101(91,92)98-77-80(99-83(88)71-68-65-62-59-56-53-50-47-42-33-30-27-24-21-18-15-12-9-6-3)76-94-82(87)70-67-64-61-58-55-52-49-46-43-40-35-32-29-26-23-20-17-14-11-8-5-2/h7-12,16-21,25-30,34-36,38-40,42,44-47,49,53,56,62,65,78-80,84-85H,4-6,13-15,22-24,31-33,37,41,43,48,50-52,54-55,57-61,63-64,66-77H2,1-3H3,(H,89,90)(H,91,92)/b10-7-,11-8-,12-9-,19-16-,20-17-,21-18-,28-25-,29-26-,30-27-,36-34-,39-38-,40-35-,45-44-,47-42-,49-46-,56-53-,65-62-. The predicted octanol–water partition coefficient (Wildman–Crippen LogP) is 21.8. The lowest BCUT2D eigenvalue weighted by atomic mass is 10.1. The van der Waals surface area contributed by atoms with E-state index in [1.165, 1.54) is 0 Å². The number of phosphoric ester groups is 2. The molecule has 0 aliphatic rings. The highest BCUT2D eigenvalue weighted by molar-refractivity contribution is 7.47. The van der Waals surface area contributed by atoms with Crippen LogP contribution in [0.5, 0.6) is 0 Å². The minimum Gasteiger partial charge on any atom is -0.463 e. The molecule has 0 aromatic rings. The van der Waals surface area contributed by atoms with Crippen LogP contribution in [-0.4, -0.2) is 95.9 Å². The number of aliphatic hydroxyl groups is 2. The first-order valence-corrected chi connectivity index (χ1v) is 40.4. The third-order valence-corrected chi connectivity index (χ3v) is 16.4. The molecule has 0 radical (unpaired) electrons. The van der Waals surface area contributed by atoms with E-state index in [4.69, 9.17) is 32.3 Å². The van der Waals surface area contributed by atoms with Crippen LogP contribution < -0.4 is 0 Å². The molecule has 0 saturated carbocycles. The fraction of sp³-hybridized carbons (Fsp3) is 0.554. The zero-order valence-corrected chi connectivity index (χ0v) is 63.5. The van der Waals surface area contributed by atoms with Crippen molar-refractivity contribution in [2.45, 2.75) is 257 Å². The molecular weight excluding hydrogens is 1310 g/mol. The average Bonchev–Trinajstić information content (AvgIpc) is 0.990. The third kappa shape index (κ3) is 75.1. The molecule has 5 atom stereocenters. The molecule has 0 amide bonds. The van der Waals surface area contributed by atoms with Gasteiger partial charge in [0.2, 0.25) is 0 Å². The highest BCUT2D eigenvalue weighted by Crippen LogP contribution is 2.45. The van der Waals surface area contributed by atoms with E-state index in [0.717, 1.165) is 173 Å². The molecule has 0 aromatic heterocycles. The molecule has 4 N–H and O–H groups in total. The van der Waals surface area contributed by atoms with Crippen molar-refractivity contribution in [2.24, 2.45) is 0 Å². The van der Waals surface area contributed by atoms with Crippen LogP contribution in [0.15, 0.2) is 207 Å². The Morgan fingerprint density at radius 2 is 0.515 bits per heavy atom. The van der Waals surface area contributed by atoms with Crippen LogP contribution in [0.2, 0.25) is 0 Å². The summed E-state index contributed by atoms with van der Waals surface area (Å²) in [4.78, 5) is 58.6. The van der Waals surface area contributed by atoms with Crippen molar-refractivity contribution in [3.63, 3.8) is 0 Å². The maximum atomic E-state index is 12.9. The first kappa shape index (κ1) is 95.1. The molecule has 0 aliphatic heterocycles. The van der Waals surface area contributed by atoms with E-state index in [9.17, 15) is 43.5 Å². The molecule has 0 rings (SSSR count). The van der Waals surface area contributed by atoms with Gasteiger partial charge in [-0.1, -0.05) is 272 Å². The second kappa shape index (κ2) is 73.9. The van der Waals surface area contributed by atoms with Gasteiger partial charge in [0.25, 0.3) is 0 Å². The molecule has 5 unspecified atom stereocenters. The highest BCUT2D eigenvalue weighted by atomic mass is 31.2. The Balaban J connectivity index is 4.79. The van der Waals surface area contributed by atoms with Crippen LogP contribution in [0.25, 0.3) is 0 Å². The largest absolute Gasteiger partial charge is 0.472 e. The number of carbonyl (C=O) groups excluding carboxylic acids is 3. The summed E-state index contributed by atoms with van der Waals surface area (Å²) < 4.78 is 61.0. The molecule has 0 saturated heterocycles. The van der Waals surface area contributed by atoms with Gasteiger partial charge < -0.3 is 34.2 Å². The van der Waals surface area contributed by atoms with E-state index < -0.39 is 91.5 Å². The Morgan fingerprint density at radius 3 is 0.822 bits per heavy atom. The van der Waals surface area contributed by atoms with Crippen LogP contribution >= 0.6 is 15.6 Å². The maximum Gasteiger partial charge on any atom is 0.472 e. The van der Waals surface area contributed by atoms with E-state index in [1.807, 2.05) is 18.2 Å². The lowest BCUT2D eigenvalue weighted by Gasteiger charge is -2.21. The Hall–Kier alpha value is -5.87. The van der Waals surface area contributed by atoms with Gasteiger partial charge in [0.15, 0.2) is 6.10 Å². The van der Waals surface area contributed by atoms with E-state index >= 15 is 0 Å². The fourth-order valence-corrected chi connectivity index (χ4v) is 10.5. The van der Waals surface area contributed by atoms with E-state index in [1.54, 1.807) is 0 Å². The molecule has 18 heteroatoms. The van der Waals surface area contributed by atoms with Crippen LogP contribution in [0.4, 0.5) is 0 Å². The lowest BCUT2D eigenvalue weighted by Crippen LogP contribution is -2.29. The van der Waals surface area contributed by atoms with Crippen LogP contribution in [0.3, 0.4) is 0 Å². The Bertz CT molecular complexity index is 2660. The van der Waals surface area contributed by atoms with E-state index in [0.29, 0.717) is 25.7 Å². The quantitative estimate of drug-likeness (QED) is 0.0146. The molecule has 0 heterocycles. The second-order valence-corrected chi connectivity index (χ2v) is 26.9. The lowest BCUT2D eigenvalue weighted by molar-refractivity contribution is -0.161. The fourth-order valence-electron chi connectivity index (χ4n) is 8.92. The minimum absolute atomic E-state index is 0.0349. The Labute approximate surface area is 609 Å². The number of hydrogen-bond donors (Lipinski definition) is 4. The number of ether oxygens (including phenoxy) is 3. The summed E-state index contributed by atoms with van der Waals surface area (Å²) in [7, 11) is -9.85. The average molecular weight is 1450 g/mol. The van der Waals surface area contributed by atoms with Crippen LogP contribution in [0.1, 0.15) is 239 Å². The van der Waals surface area contributed by atoms with Crippen LogP contribution in [-0.2, 0) is 55.8 Å².